The molecular formula is C11H23NO2S. The normalized spacial score (nSPS) is 21.5. The van der Waals surface area contributed by atoms with Crippen molar-refractivity contribution in [1.29, 1.82) is 0 Å². The predicted molar refractivity (Wildman–Crippen MR) is 63.8 cm³/mol. The second-order valence-corrected chi connectivity index (χ2v) is 6.87. The maximum absolute atomic E-state index is 12.0. The number of nitrogens with one attached hydrogen (secondary N) is 1. The molecule has 1 N–H and O–H groups in total. The van der Waals surface area contributed by atoms with Gasteiger partial charge in [0.05, 0.1) is 11.0 Å². The van der Waals surface area contributed by atoms with Crippen molar-refractivity contribution in [2.24, 2.45) is 0 Å². The van der Waals surface area contributed by atoms with E-state index in [-0.39, 0.29) is 11.3 Å². The minimum absolute atomic E-state index is 0.0626. The summed E-state index contributed by atoms with van der Waals surface area (Å²) >= 11 is 0. The van der Waals surface area contributed by atoms with Crippen molar-refractivity contribution in [1.82, 2.24) is 5.32 Å². The lowest BCUT2D eigenvalue weighted by atomic mass is 10.0. The van der Waals surface area contributed by atoms with Gasteiger partial charge in [0, 0.05) is 6.04 Å². The number of hydrogen-bond donors (Lipinski definition) is 1. The molecule has 0 heterocycles. The van der Waals surface area contributed by atoms with Crippen molar-refractivity contribution < 1.29 is 8.42 Å². The molecular weight excluding hydrogens is 210 g/mol. The van der Waals surface area contributed by atoms with Crippen LogP contribution in [0, 0.1) is 0 Å². The van der Waals surface area contributed by atoms with Gasteiger partial charge in [-0.05, 0) is 26.3 Å². The van der Waals surface area contributed by atoms with Gasteiger partial charge in [-0.3, -0.25) is 0 Å². The Morgan fingerprint density at radius 3 is 2.40 bits per heavy atom. The van der Waals surface area contributed by atoms with Crippen LogP contribution in [0.5, 0.6) is 0 Å². The SMILES string of the molecule is CCNC(C)CS(=O)(=O)C1CCCCC1. The van der Waals surface area contributed by atoms with Gasteiger partial charge < -0.3 is 5.32 Å². The molecule has 15 heavy (non-hydrogen) atoms. The van der Waals surface area contributed by atoms with Crippen molar-refractivity contribution in [3.63, 3.8) is 0 Å². The van der Waals surface area contributed by atoms with Gasteiger partial charge in [-0.1, -0.05) is 26.2 Å². The lowest BCUT2D eigenvalue weighted by Gasteiger charge is -2.23. The lowest BCUT2D eigenvalue weighted by Crippen LogP contribution is -2.37. The molecule has 1 fully saturated rings. The van der Waals surface area contributed by atoms with Gasteiger partial charge in [-0.15, -0.1) is 0 Å². The molecule has 0 aliphatic heterocycles. The first-order chi connectivity index (χ1) is 7.06. The maximum Gasteiger partial charge on any atom is 0.154 e. The second kappa shape index (κ2) is 5.85. The highest BCUT2D eigenvalue weighted by atomic mass is 32.2. The van der Waals surface area contributed by atoms with Crippen molar-refractivity contribution in [3.8, 4) is 0 Å². The Balaban J connectivity index is 2.49. The summed E-state index contributed by atoms with van der Waals surface area (Å²) in [6, 6.07) is 0.0851. The van der Waals surface area contributed by atoms with E-state index in [0.29, 0.717) is 5.75 Å². The molecule has 0 amide bonds. The third-order valence-electron chi connectivity index (χ3n) is 3.09. The highest BCUT2D eigenvalue weighted by Crippen LogP contribution is 2.24. The molecule has 1 rings (SSSR count). The smallest absolute Gasteiger partial charge is 0.154 e. The molecule has 1 aliphatic rings. The van der Waals surface area contributed by atoms with Gasteiger partial charge in [0.25, 0.3) is 0 Å². The first-order valence-electron chi connectivity index (χ1n) is 6.01. The third-order valence-corrected chi connectivity index (χ3v) is 5.55. The molecule has 90 valence electrons. The molecule has 0 radical (unpaired) electrons. The predicted octanol–water partition coefficient (Wildman–Crippen LogP) is 1.73. The van der Waals surface area contributed by atoms with Crippen LogP contribution in [0.4, 0.5) is 0 Å². The summed E-state index contributed by atoms with van der Waals surface area (Å²) < 4.78 is 24.1. The molecule has 0 saturated heterocycles. The fourth-order valence-corrected chi connectivity index (χ4v) is 4.45. The third kappa shape index (κ3) is 4.11. The molecule has 1 unspecified atom stereocenters. The monoisotopic (exact) mass is 233 g/mol. The van der Waals surface area contributed by atoms with Gasteiger partial charge in [0.2, 0.25) is 0 Å². The molecule has 0 aromatic rings. The highest BCUT2D eigenvalue weighted by Gasteiger charge is 2.28. The van der Waals surface area contributed by atoms with E-state index in [0.717, 1.165) is 32.2 Å². The molecule has 1 atom stereocenters. The van der Waals surface area contributed by atoms with E-state index in [1.165, 1.54) is 6.42 Å². The quantitative estimate of drug-likeness (QED) is 0.786. The first-order valence-corrected chi connectivity index (χ1v) is 7.72. The Kier molecular flexibility index (Phi) is 5.06. The lowest BCUT2D eigenvalue weighted by molar-refractivity contribution is 0.478. The van der Waals surface area contributed by atoms with E-state index in [2.05, 4.69) is 5.32 Å². The fraction of sp³-hybridized carbons (Fsp3) is 1.00. The molecule has 3 nitrogen and oxygen atoms in total. The summed E-state index contributed by atoms with van der Waals surface area (Å²) in [6.07, 6.45) is 5.12. The molecule has 0 bridgehead atoms. The molecule has 1 aliphatic carbocycles. The topological polar surface area (TPSA) is 46.2 Å². The zero-order valence-electron chi connectivity index (χ0n) is 9.83. The van der Waals surface area contributed by atoms with E-state index >= 15 is 0 Å². The summed E-state index contributed by atoms with van der Waals surface area (Å²) in [5, 5.41) is 3.10. The number of hydrogen-bond acceptors (Lipinski definition) is 3. The Bertz CT molecular complexity index is 268. The Morgan fingerprint density at radius 2 is 1.87 bits per heavy atom. The zero-order valence-corrected chi connectivity index (χ0v) is 10.6. The van der Waals surface area contributed by atoms with E-state index in [1.54, 1.807) is 0 Å². The fourth-order valence-electron chi connectivity index (χ4n) is 2.32. The number of sulfone groups is 1. The summed E-state index contributed by atoms with van der Waals surface area (Å²) in [4.78, 5) is 0. The Hall–Kier alpha value is -0.0900. The Labute approximate surface area is 93.6 Å². The summed E-state index contributed by atoms with van der Waals surface area (Å²) in [7, 11) is -2.87. The summed E-state index contributed by atoms with van der Waals surface area (Å²) in [5.74, 6) is 0.297. The molecule has 4 heteroatoms. The minimum atomic E-state index is -2.87. The van der Waals surface area contributed by atoms with Crippen molar-refractivity contribution in [2.45, 2.75) is 57.2 Å². The van der Waals surface area contributed by atoms with Gasteiger partial charge in [0.1, 0.15) is 0 Å². The largest absolute Gasteiger partial charge is 0.314 e. The van der Waals surface area contributed by atoms with Gasteiger partial charge in [0.15, 0.2) is 9.84 Å². The van der Waals surface area contributed by atoms with Crippen LogP contribution in [0.2, 0.25) is 0 Å². The van der Waals surface area contributed by atoms with Crippen LogP contribution >= 0.6 is 0 Å². The van der Waals surface area contributed by atoms with Crippen LogP contribution in [0.3, 0.4) is 0 Å². The highest BCUT2D eigenvalue weighted by molar-refractivity contribution is 7.92. The van der Waals surface area contributed by atoms with Crippen molar-refractivity contribution in [3.05, 3.63) is 0 Å². The average molecular weight is 233 g/mol. The van der Waals surface area contributed by atoms with Crippen LogP contribution in [-0.2, 0) is 9.84 Å². The van der Waals surface area contributed by atoms with Gasteiger partial charge >= 0.3 is 0 Å². The van der Waals surface area contributed by atoms with Crippen LogP contribution in [0.15, 0.2) is 0 Å². The van der Waals surface area contributed by atoms with Crippen molar-refractivity contribution in [2.75, 3.05) is 12.3 Å². The first kappa shape index (κ1) is 13.0. The van der Waals surface area contributed by atoms with Crippen LogP contribution in [-0.4, -0.2) is 32.0 Å². The molecule has 0 spiro atoms. The van der Waals surface area contributed by atoms with E-state index in [9.17, 15) is 8.42 Å². The average Bonchev–Trinajstić information content (AvgIpc) is 2.18. The van der Waals surface area contributed by atoms with Gasteiger partial charge in [-0.25, -0.2) is 8.42 Å². The van der Waals surface area contributed by atoms with Crippen LogP contribution < -0.4 is 5.32 Å². The molecule has 0 aromatic carbocycles. The maximum atomic E-state index is 12.0. The van der Waals surface area contributed by atoms with Crippen LogP contribution in [0.25, 0.3) is 0 Å². The second-order valence-electron chi connectivity index (χ2n) is 4.55. The van der Waals surface area contributed by atoms with Crippen molar-refractivity contribution >= 4 is 9.84 Å². The number of rotatable bonds is 5. The summed E-state index contributed by atoms with van der Waals surface area (Å²) in [6.45, 7) is 4.79. The minimum Gasteiger partial charge on any atom is -0.314 e. The summed E-state index contributed by atoms with van der Waals surface area (Å²) in [5.41, 5.74) is 0. The van der Waals surface area contributed by atoms with Gasteiger partial charge in [-0.2, -0.15) is 0 Å². The standard InChI is InChI=1S/C11H23NO2S/c1-3-12-10(2)9-15(13,14)11-7-5-4-6-8-11/h10-12H,3-9H2,1-2H3. The molecule has 1 saturated carbocycles. The van der Waals surface area contributed by atoms with E-state index in [4.69, 9.17) is 0 Å². The molecule has 0 aromatic heterocycles. The zero-order chi connectivity index (χ0) is 11.3. The van der Waals surface area contributed by atoms with E-state index in [1.807, 2.05) is 13.8 Å². The van der Waals surface area contributed by atoms with Crippen LogP contribution in [0.1, 0.15) is 46.0 Å². The Morgan fingerprint density at radius 1 is 1.27 bits per heavy atom. The van der Waals surface area contributed by atoms with E-state index < -0.39 is 9.84 Å².